The lowest BCUT2D eigenvalue weighted by molar-refractivity contribution is 1.01. The van der Waals surface area contributed by atoms with Crippen LogP contribution in [0.25, 0.3) is 72.2 Å². The van der Waals surface area contributed by atoms with E-state index in [9.17, 15) is 0 Å². The zero-order valence-corrected chi connectivity index (χ0v) is 29.4. The maximum absolute atomic E-state index is 5.35. The highest BCUT2D eigenvalue weighted by Crippen LogP contribution is 2.38. The molecule has 0 aliphatic carbocycles. The van der Waals surface area contributed by atoms with E-state index < -0.39 is 0 Å². The third-order valence-electron chi connectivity index (χ3n) is 10.2. The van der Waals surface area contributed by atoms with Gasteiger partial charge >= 0.3 is 0 Å². The van der Waals surface area contributed by atoms with Gasteiger partial charge in [0.05, 0.1) is 22.2 Å². The number of hydrogen-bond acceptors (Lipinski definition) is 3. The Kier molecular flexibility index (Phi) is 7.77. The van der Waals surface area contributed by atoms with Crippen LogP contribution in [0.4, 0.5) is 17.1 Å². The molecule has 0 N–H and O–H groups in total. The molecule has 0 amide bonds. The Hall–Kier alpha value is -7.30. The van der Waals surface area contributed by atoms with E-state index in [0.29, 0.717) is 5.95 Å². The van der Waals surface area contributed by atoms with Crippen molar-refractivity contribution in [2.75, 3.05) is 4.90 Å². The number of para-hydroxylation sites is 4. The normalized spacial score (nSPS) is 11.3. The zero-order chi connectivity index (χ0) is 35.8. The SMILES string of the molecule is c1ccc(-c2cccc(-c3nc(-n4c5ccccc5c5cc(-c6ccc(N(c7ccccc7)c7ccccc7)cc6)ccc54)nc4ccccc34)c2)cc1. The minimum atomic E-state index is 0.652. The molecule has 0 spiro atoms. The lowest BCUT2D eigenvalue weighted by Crippen LogP contribution is -2.09. The van der Waals surface area contributed by atoms with Crippen molar-refractivity contribution in [2.24, 2.45) is 0 Å². The first-order valence-electron chi connectivity index (χ1n) is 18.3. The summed E-state index contributed by atoms with van der Waals surface area (Å²) in [6, 6.07) is 72.6. The summed E-state index contributed by atoms with van der Waals surface area (Å²) in [5.74, 6) is 0.652. The summed E-state index contributed by atoms with van der Waals surface area (Å²) in [5.41, 5.74) is 13.0. The van der Waals surface area contributed by atoms with Crippen molar-refractivity contribution in [3.8, 4) is 39.5 Å². The van der Waals surface area contributed by atoms with E-state index in [-0.39, 0.29) is 0 Å². The summed E-state index contributed by atoms with van der Waals surface area (Å²) in [6.07, 6.45) is 0. The van der Waals surface area contributed by atoms with Gasteiger partial charge in [0.1, 0.15) is 0 Å². The van der Waals surface area contributed by atoms with Gasteiger partial charge in [-0.05, 0) is 89.0 Å². The second-order valence-electron chi connectivity index (χ2n) is 13.5. The van der Waals surface area contributed by atoms with Gasteiger partial charge in [-0.2, -0.15) is 0 Å². The van der Waals surface area contributed by atoms with Crippen LogP contribution in [0.5, 0.6) is 0 Å². The molecule has 54 heavy (non-hydrogen) atoms. The van der Waals surface area contributed by atoms with Gasteiger partial charge in [-0.1, -0.05) is 140 Å². The number of rotatable bonds is 7. The molecule has 0 unspecified atom stereocenters. The van der Waals surface area contributed by atoms with E-state index in [0.717, 1.165) is 77.7 Å². The highest BCUT2D eigenvalue weighted by Gasteiger charge is 2.18. The van der Waals surface area contributed by atoms with Crippen molar-refractivity contribution < 1.29 is 0 Å². The molecule has 2 heterocycles. The highest BCUT2D eigenvalue weighted by atomic mass is 15.2. The third-order valence-corrected chi connectivity index (χ3v) is 10.2. The first-order valence-corrected chi connectivity index (χ1v) is 18.3. The van der Waals surface area contributed by atoms with Crippen LogP contribution in [0.3, 0.4) is 0 Å². The molecular formula is C50H34N4. The van der Waals surface area contributed by atoms with Crippen molar-refractivity contribution in [3.63, 3.8) is 0 Å². The molecule has 0 saturated carbocycles. The largest absolute Gasteiger partial charge is 0.311 e. The molecule has 10 aromatic rings. The van der Waals surface area contributed by atoms with E-state index in [1.54, 1.807) is 0 Å². The van der Waals surface area contributed by atoms with Crippen molar-refractivity contribution in [1.29, 1.82) is 0 Å². The van der Waals surface area contributed by atoms with Gasteiger partial charge in [0.2, 0.25) is 5.95 Å². The Morgan fingerprint density at radius 1 is 0.333 bits per heavy atom. The molecule has 8 aromatic carbocycles. The molecule has 0 atom stereocenters. The average Bonchev–Trinajstić information content (AvgIpc) is 3.58. The van der Waals surface area contributed by atoms with Crippen molar-refractivity contribution in [2.45, 2.75) is 0 Å². The van der Waals surface area contributed by atoms with Crippen LogP contribution in [-0.4, -0.2) is 14.5 Å². The highest BCUT2D eigenvalue weighted by molar-refractivity contribution is 6.10. The molecular weight excluding hydrogens is 657 g/mol. The van der Waals surface area contributed by atoms with Crippen LogP contribution in [0.2, 0.25) is 0 Å². The smallest absolute Gasteiger partial charge is 0.235 e. The lowest BCUT2D eigenvalue weighted by Gasteiger charge is -2.25. The van der Waals surface area contributed by atoms with Crippen molar-refractivity contribution >= 4 is 49.8 Å². The molecule has 0 radical (unpaired) electrons. The summed E-state index contributed by atoms with van der Waals surface area (Å²) in [4.78, 5) is 12.8. The Morgan fingerprint density at radius 2 is 0.852 bits per heavy atom. The van der Waals surface area contributed by atoms with Crippen LogP contribution >= 0.6 is 0 Å². The van der Waals surface area contributed by atoms with Gasteiger partial charge in [0, 0.05) is 38.8 Å². The number of nitrogens with zero attached hydrogens (tertiary/aromatic N) is 4. The minimum Gasteiger partial charge on any atom is -0.311 e. The van der Waals surface area contributed by atoms with Gasteiger partial charge in [-0.25, -0.2) is 9.97 Å². The number of benzene rings is 8. The summed E-state index contributed by atoms with van der Waals surface area (Å²) in [6.45, 7) is 0. The Balaban J connectivity index is 1.09. The van der Waals surface area contributed by atoms with Gasteiger partial charge in [0.25, 0.3) is 0 Å². The number of fused-ring (bicyclic) bond motifs is 4. The van der Waals surface area contributed by atoms with E-state index >= 15 is 0 Å². The van der Waals surface area contributed by atoms with Gasteiger partial charge in [-0.15, -0.1) is 0 Å². The Bertz CT molecular complexity index is 2880. The van der Waals surface area contributed by atoms with Crippen LogP contribution < -0.4 is 4.90 Å². The fourth-order valence-electron chi connectivity index (χ4n) is 7.63. The number of aromatic nitrogens is 3. The molecule has 254 valence electrons. The quantitative estimate of drug-likeness (QED) is 0.167. The Morgan fingerprint density at radius 3 is 1.59 bits per heavy atom. The monoisotopic (exact) mass is 690 g/mol. The standard InChI is InChI=1S/C50H34N4/c1-4-15-35(16-5-1)37-17-14-18-39(33-37)49-44-24-10-12-25-46(44)51-50(52-49)54-47-26-13-11-23-43(47)45-34-38(29-32-48(45)54)36-27-30-42(31-28-36)53(40-19-6-2-7-20-40)41-21-8-3-9-22-41/h1-34H. The molecule has 2 aromatic heterocycles. The predicted octanol–water partition coefficient (Wildman–Crippen LogP) is 13.2. The second kappa shape index (κ2) is 13.4. The summed E-state index contributed by atoms with van der Waals surface area (Å²) >= 11 is 0. The van der Waals surface area contributed by atoms with Gasteiger partial charge in [0.15, 0.2) is 0 Å². The maximum Gasteiger partial charge on any atom is 0.235 e. The summed E-state index contributed by atoms with van der Waals surface area (Å²) in [5, 5.41) is 3.34. The van der Waals surface area contributed by atoms with E-state index in [1.807, 2.05) is 6.07 Å². The Labute approximate surface area is 313 Å². The molecule has 10 rings (SSSR count). The average molecular weight is 691 g/mol. The lowest BCUT2D eigenvalue weighted by atomic mass is 10.00. The fraction of sp³-hybridized carbons (Fsp3) is 0. The zero-order valence-electron chi connectivity index (χ0n) is 29.4. The van der Waals surface area contributed by atoms with Gasteiger partial charge in [-0.3, -0.25) is 4.57 Å². The number of hydrogen-bond donors (Lipinski definition) is 0. The van der Waals surface area contributed by atoms with E-state index in [2.05, 4.69) is 210 Å². The maximum atomic E-state index is 5.35. The van der Waals surface area contributed by atoms with Gasteiger partial charge < -0.3 is 4.90 Å². The van der Waals surface area contributed by atoms with Crippen LogP contribution in [0.1, 0.15) is 0 Å². The topological polar surface area (TPSA) is 34.0 Å². The summed E-state index contributed by atoms with van der Waals surface area (Å²) in [7, 11) is 0. The second-order valence-corrected chi connectivity index (χ2v) is 13.5. The van der Waals surface area contributed by atoms with Crippen molar-refractivity contribution in [3.05, 3.63) is 206 Å². The van der Waals surface area contributed by atoms with Crippen LogP contribution in [-0.2, 0) is 0 Å². The molecule has 0 bridgehead atoms. The first-order chi connectivity index (χ1) is 26.8. The molecule has 0 saturated heterocycles. The molecule has 0 aliphatic heterocycles. The van der Waals surface area contributed by atoms with E-state index in [4.69, 9.17) is 9.97 Å². The predicted molar refractivity (Wildman–Crippen MR) is 225 cm³/mol. The first kappa shape index (κ1) is 31.4. The minimum absolute atomic E-state index is 0.652. The van der Waals surface area contributed by atoms with E-state index in [1.165, 1.54) is 5.56 Å². The molecule has 4 nitrogen and oxygen atoms in total. The molecule has 0 fully saturated rings. The third kappa shape index (κ3) is 5.58. The molecule has 4 heteroatoms. The fourth-order valence-corrected chi connectivity index (χ4v) is 7.63. The summed E-state index contributed by atoms with van der Waals surface area (Å²) < 4.78 is 2.21. The number of anilines is 3. The molecule has 0 aliphatic rings. The van der Waals surface area contributed by atoms with Crippen LogP contribution in [0.15, 0.2) is 206 Å². The van der Waals surface area contributed by atoms with Crippen molar-refractivity contribution in [1.82, 2.24) is 14.5 Å². The van der Waals surface area contributed by atoms with Crippen LogP contribution in [0, 0.1) is 0 Å².